The minimum atomic E-state index is -2.63. The molecule has 0 aromatic carbocycles. The molecule has 0 aromatic heterocycles. The zero-order valence-corrected chi connectivity index (χ0v) is 10.8. The fraction of sp³-hybridized carbons (Fsp3) is 0.800. The lowest BCUT2D eigenvalue weighted by Crippen LogP contribution is -2.48. The van der Waals surface area contributed by atoms with E-state index in [0.717, 1.165) is 6.20 Å². The van der Waals surface area contributed by atoms with E-state index in [2.05, 4.69) is 0 Å². The van der Waals surface area contributed by atoms with Crippen LogP contribution >= 0.6 is 0 Å². The summed E-state index contributed by atoms with van der Waals surface area (Å²) < 4.78 is 29.3. The third-order valence-corrected chi connectivity index (χ3v) is 2.77. The smallest absolute Gasteiger partial charge is 0.312 e. The molecule has 0 aromatic rings. The van der Waals surface area contributed by atoms with Gasteiger partial charge in [0, 0.05) is 6.54 Å². The SMILES string of the molecule is CC(C)(O)C(C)(C)OB/C(=C/NC(F)F)CN. The van der Waals surface area contributed by atoms with Gasteiger partial charge in [0.25, 0.3) is 0 Å². The van der Waals surface area contributed by atoms with Crippen molar-refractivity contribution in [2.45, 2.75) is 45.4 Å². The summed E-state index contributed by atoms with van der Waals surface area (Å²) in [6.07, 6.45) is 1.14. The average molecular weight is 250 g/mol. The largest absolute Gasteiger partial charge is 0.427 e. The highest BCUT2D eigenvalue weighted by Gasteiger charge is 2.35. The Morgan fingerprint density at radius 3 is 2.35 bits per heavy atom. The van der Waals surface area contributed by atoms with E-state index < -0.39 is 17.8 Å². The Hall–Kier alpha value is -0.655. The molecule has 0 aliphatic heterocycles. The first kappa shape index (κ1) is 16.3. The number of hydrogen-bond acceptors (Lipinski definition) is 4. The summed E-state index contributed by atoms with van der Waals surface area (Å²) in [5.41, 5.74) is 4.07. The minimum absolute atomic E-state index is 0.0905. The number of rotatable bonds is 7. The van der Waals surface area contributed by atoms with Crippen LogP contribution in [-0.4, -0.2) is 36.9 Å². The fourth-order valence-corrected chi connectivity index (χ4v) is 0.790. The van der Waals surface area contributed by atoms with E-state index in [1.165, 1.54) is 0 Å². The second-order valence-corrected chi connectivity index (χ2v) is 4.83. The van der Waals surface area contributed by atoms with Crippen molar-refractivity contribution < 1.29 is 18.5 Å². The summed E-state index contributed by atoms with van der Waals surface area (Å²) in [6.45, 7) is 4.18. The van der Waals surface area contributed by atoms with Crippen LogP contribution in [0.4, 0.5) is 8.78 Å². The maximum atomic E-state index is 11.9. The van der Waals surface area contributed by atoms with Gasteiger partial charge in [-0.1, -0.05) is 0 Å². The van der Waals surface area contributed by atoms with Crippen molar-refractivity contribution in [3.8, 4) is 0 Å². The Morgan fingerprint density at radius 1 is 1.47 bits per heavy atom. The summed E-state index contributed by atoms with van der Waals surface area (Å²) in [5.74, 6) is 0. The van der Waals surface area contributed by atoms with Crippen LogP contribution in [0, 0.1) is 0 Å². The molecule has 0 saturated heterocycles. The molecule has 0 saturated carbocycles. The lowest BCUT2D eigenvalue weighted by molar-refractivity contribution is -0.0897. The van der Waals surface area contributed by atoms with Gasteiger partial charge in [-0.3, -0.25) is 0 Å². The Balaban J connectivity index is 4.38. The molecule has 0 aliphatic rings. The molecular formula is C10H21BF2N2O2. The monoisotopic (exact) mass is 250 g/mol. The molecular weight excluding hydrogens is 229 g/mol. The molecule has 0 rings (SSSR count). The van der Waals surface area contributed by atoms with E-state index >= 15 is 0 Å². The Kier molecular flexibility index (Phi) is 6.08. The molecule has 100 valence electrons. The number of aliphatic hydroxyl groups is 1. The predicted octanol–water partition coefficient (Wildman–Crippen LogP) is 0.516. The van der Waals surface area contributed by atoms with E-state index in [1.54, 1.807) is 27.7 Å². The van der Waals surface area contributed by atoms with Gasteiger partial charge in [0.1, 0.15) is 0 Å². The molecule has 0 radical (unpaired) electrons. The fourth-order valence-electron chi connectivity index (χ4n) is 0.790. The van der Waals surface area contributed by atoms with Gasteiger partial charge < -0.3 is 20.8 Å². The van der Waals surface area contributed by atoms with Gasteiger partial charge in [-0.05, 0) is 39.4 Å². The molecule has 7 heteroatoms. The first-order valence-electron chi connectivity index (χ1n) is 5.38. The highest BCUT2D eigenvalue weighted by molar-refractivity contribution is 6.38. The van der Waals surface area contributed by atoms with E-state index in [1.807, 2.05) is 5.32 Å². The van der Waals surface area contributed by atoms with Crippen LogP contribution in [0.25, 0.3) is 0 Å². The van der Waals surface area contributed by atoms with Crippen molar-refractivity contribution in [2.24, 2.45) is 5.73 Å². The molecule has 0 aliphatic carbocycles. The Morgan fingerprint density at radius 2 is 2.00 bits per heavy atom. The van der Waals surface area contributed by atoms with Crippen molar-refractivity contribution in [1.82, 2.24) is 5.32 Å². The molecule has 0 fully saturated rings. The average Bonchev–Trinajstić information content (AvgIpc) is 2.15. The molecule has 0 atom stereocenters. The highest BCUT2D eigenvalue weighted by Crippen LogP contribution is 2.24. The summed E-state index contributed by atoms with van der Waals surface area (Å²) in [4.78, 5) is 0. The standard InChI is InChI=1S/C10H21BF2N2O2/c1-9(2,16)10(3,4)17-11-7(5-14)6-15-8(12)13/h6,8,11,15-16H,5,14H2,1-4H3/b7-6+. The van der Waals surface area contributed by atoms with Gasteiger partial charge >= 0.3 is 14.0 Å². The second kappa shape index (κ2) is 6.32. The molecule has 0 bridgehead atoms. The van der Waals surface area contributed by atoms with E-state index in [9.17, 15) is 13.9 Å². The van der Waals surface area contributed by atoms with Crippen LogP contribution in [-0.2, 0) is 4.65 Å². The van der Waals surface area contributed by atoms with E-state index in [4.69, 9.17) is 10.4 Å². The molecule has 0 amide bonds. The van der Waals surface area contributed by atoms with Gasteiger partial charge in [0.2, 0.25) is 0 Å². The van der Waals surface area contributed by atoms with Crippen LogP contribution < -0.4 is 11.1 Å². The normalized spacial score (nSPS) is 14.1. The first-order valence-corrected chi connectivity index (χ1v) is 5.38. The number of alkyl halides is 2. The van der Waals surface area contributed by atoms with Crippen LogP contribution in [0.15, 0.2) is 11.7 Å². The highest BCUT2D eigenvalue weighted by atomic mass is 19.3. The zero-order valence-electron chi connectivity index (χ0n) is 10.8. The van der Waals surface area contributed by atoms with Crippen molar-refractivity contribution >= 4 is 7.48 Å². The Bertz CT molecular complexity index is 266. The zero-order chi connectivity index (χ0) is 13.7. The molecule has 4 N–H and O–H groups in total. The third kappa shape index (κ3) is 6.00. The maximum absolute atomic E-state index is 11.9. The van der Waals surface area contributed by atoms with Crippen molar-refractivity contribution in [2.75, 3.05) is 6.54 Å². The summed E-state index contributed by atoms with van der Waals surface area (Å²) in [5, 5.41) is 11.7. The third-order valence-electron chi connectivity index (χ3n) is 2.77. The molecule has 4 nitrogen and oxygen atoms in total. The van der Waals surface area contributed by atoms with Crippen LogP contribution in [0.1, 0.15) is 27.7 Å². The van der Waals surface area contributed by atoms with Crippen molar-refractivity contribution in [1.29, 1.82) is 0 Å². The van der Waals surface area contributed by atoms with Crippen LogP contribution in [0.5, 0.6) is 0 Å². The summed E-state index contributed by atoms with van der Waals surface area (Å²) in [6, 6.07) is 0. The van der Waals surface area contributed by atoms with Gasteiger partial charge in [0.15, 0.2) is 0 Å². The Labute approximate surface area is 101 Å². The second-order valence-electron chi connectivity index (χ2n) is 4.83. The predicted molar refractivity (Wildman–Crippen MR) is 64.9 cm³/mol. The minimum Gasteiger partial charge on any atom is -0.427 e. The first-order chi connectivity index (χ1) is 7.60. The summed E-state index contributed by atoms with van der Waals surface area (Å²) >= 11 is 0. The van der Waals surface area contributed by atoms with Crippen LogP contribution in [0.2, 0.25) is 0 Å². The van der Waals surface area contributed by atoms with E-state index in [-0.39, 0.29) is 14.0 Å². The lowest BCUT2D eigenvalue weighted by Gasteiger charge is -2.37. The van der Waals surface area contributed by atoms with Gasteiger partial charge in [-0.2, -0.15) is 8.78 Å². The molecule has 0 heterocycles. The number of halogens is 2. The number of nitrogens with two attached hydrogens (primary N) is 1. The maximum Gasteiger partial charge on any atom is 0.312 e. The topological polar surface area (TPSA) is 67.5 Å². The van der Waals surface area contributed by atoms with Crippen LogP contribution in [0.3, 0.4) is 0 Å². The number of nitrogens with one attached hydrogen (secondary N) is 1. The quantitative estimate of drug-likeness (QED) is 0.455. The van der Waals surface area contributed by atoms with Crippen molar-refractivity contribution in [3.63, 3.8) is 0 Å². The van der Waals surface area contributed by atoms with Gasteiger partial charge in [-0.25, -0.2) is 0 Å². The molecule has 17 heavy (non-hydrogen) atoms. The lowest BCUT2D eigenvalue weighted by atomic mass is 9.82. The number of hydrogen-bond donors (Lipinski definition) is 3. The van der Waals surface area contributed by atoms with Crippen molar-refractivity contribution in [3.05, 3.63) is 11.7 Å². The van der Waals surface area contributed by atoms with E-state index in [0.29, 0.717) is 5.47 Å². The van der Waals surface area contributed by atoms with Gasteiger partial charge in [-0.15, -0.1) is 0 Å². The molecule has 0 unspecified atom stereocenters. The molecule has 0 spiro atoms. The summed E-state index contributed by atoms with van der Waals surface area (Å²) in [7, 11) is 0.0905. The van der Waals surface area contributed by atoms with Gasteiger partial charge in [0.05, 0.1) is 11.2 Å².